The number of hydrogen-bond acceptors (Lipinski definition) is 6. The monoisotopic (exact) mass is 384 g/mol. The molecule has 0 aliphatic carbocycles. The van der Waals surface area contributed by atoms with Crippen LogP contribution in [0, 0.1) is 0 Å². The summed E-state index contributed by atoms with van der Waals surface area (Å²) in [5.74, 6) is 0.595. The van der Waals surface area contributed by atoms with E-state index in [1.54, 1.807) is 22.7 Å². The summed E-state index contributed by atoms with van der Waals surface area (Å²) in [5, 5.41) is 6.16. The van der Waals surface area contributed by atoms with E-state index in [1.165, 1.54) is 0 Å². The Morgan fingerprint density at radius 2 is 1.92 bits per heavy atom. The third-order valence-electron chi connectivity index (χ3n) is 4.27. The highest BCUT2D eigenvalue weighted by atomic mass is 32.1. The fourth-order valence-electron chi connectivity index (χ4n) is 2.85. The number of thiazole rings is 2. The number of benzene rings is 1. The first-order valence-electron chi connectivity index (χ1n) is 8.49. The van der Waals surface area contributed by atoms with Crippen LogP contribution in [0.4, 0.5) is 5.13 Å². The summed E-state index contributed by atoms with van der Waals surface area (Å²) in [7, 11) is 0. The highest BCUT2D eigenvalue weighted by Gasteiger charge is 2.19. The second-order valence-corrected chi connectivity index (χ2v) is 7.70. The van der Waals surface area contributed by atoms with E-state index in [9.17, 15) is 0 Å². The molecule has 1 aliphatic rings. The minimum atomic E-state index is 0.516. The van der Waals surface area contributed by atoms with Crippen LogP contribution >= 0.6 is 22.7 Å². The van der Waals surface area contributed by atoms with Gasteiger partial charge in [0.2, 0.25) is 0 Å². The lowest BCUT2D eigenvalue weighted by Gasteiger charge is -2.35. The van der Waals surface area contributed by atoms with Crippen LogP contribution in [-0.2, 0) is 6.54 Å². The lowest BCUT2D eigenvalue weighted by atomic mass is 10.2. The first-order valence-corrected chi connectivity index (χ1v) is 10.2. The topological polar surface area (TPSA) is 70.6 Å². The minimum Gasteiger partial charge on any atom is -0.370 e. The minimum absolute atomic E-state index is 0.516. The van der Waals surface area contributed by atoms with Crippen molar-refractivity contribution in [3.8, 4) is 10.6 Å². The Hall–Kier alpha value is -2.45. The van der Waals surface area contributed by atoms with Gasteiger partial charge in [-0.25, -0.2) is 15.0 Å². The van der Waals surface area contributed by atoms with Crippen LogP contribution in [0.15, 0.2) is 52.3 Å². The molecule has 3 aromatic rings. The molecular weight excluding hydrogens is 364 g/mol. The molecule has 4 rings (SSSR count). The molecule has 26 heavy (non-hydrogen) atoms. The van der Waals surface area contributed by atoms with Gasteiger partial charge in [-0.05, 0) is 0 Å². The van der Waals surface area contributed by atoms with Crippen molar-refractivity contribution in [1.29, 1.82) is 0 Å². The molecule has 2 aromatic heterocycles. The Balaban J connectivity index is 1.34. The standard InChI is InChI=1S/C18H20N6S2/c19-17(23-7-9-24(10-8-23)18-20-6-11-25-18)21-12-15-13-26-16(22-15)14-4-2-1-3-5-14/h1-6,11,13H,7-10,12H2,(H2,19,21). The Bertz CT molecular complexity index is 851. The molecule has 0 spiro atoms. The van der Waals surface area contributed by atoms with Gasteiger partial charge < -0.3 is 15.5 Å². The molecule has 1 aliphatic heterocycles. The lowest BCUT2D eigenvalue weighted by molar-refractivity contribution is 0.380. The lowest BCUT2D eigenvalue weighted by Crippen LogP contribution is -2.51. The molecule has 1 saturated heterocycles. The van der Waals surface area contributed by atoms with Gasteiger partial charge in [0.1, 0.15) is 5.01 Å². The van der Waals surface area contributed by atoms with E-state index >= 15 is 0 Å². The maximum Gasteiger partial charge on any atom is 0.191 e. The number of piperazine rings is 1. The van der Waals surface area contributed by atoms with Gasteiger partial charge >= 0.3 is 0 Å². The van der Waals surface area contributed by atoms with Crippen molar-refractivity contribution in [2.75, 3.05) is 31.1 Å². The zero-order valence-electron chi connectivity index (χ0n) is 14.3. The molecule has 3 heterocycles. The van der Waals surface area contributed by atoms with Crippen molar-refractivity contribution in [3.05, 3.63) is 53.0 Å². The van der Waals surface area contributed by atoms with Crippen LogP contribution in [0.5, 0.6) is 0 Å². The fraction of sp³-hybridized carbons (Fsp3) is 0.278. The number of aromatic nitrogens is 2. The number of anilines is 1. The quantitative estimate of drug-likeness (QED) is 0.553. The van der Waals surface area contributed by atoms with E-state index in [1.807, 2.05) is 29.8 Å². The van der Waals surface area contributed by atoms with Crippen LogP contribution in [0.3, 0.4) is 0 Å². The Labute approximate surface area is 160 Å². The first kappa shape index (κ1) is 17.0. The average molecular weight is 385 g/mol. The van der Waals surface area contributed by atoms with Crippen molar-refractivity contribution in [2.24, 2.45) is 10.7 Å². The molecule has 0 saturated carbocycles. The predicted octanol–water partition coefficient (Wildman–Crippen LogP) is 2.90. The molecule has 0 bridgehead atoms. The number of rotatable bonds is 4. The number of hydrogen-bond donors (Lipinski definition) is 1. The number of aliphatic imine (C=N–C) groups is 1. The van der Waals surface area contributed by atoms with Gasteiger partial charge in [0.05, 0.1) is 12.2 Å². The van der Waals surface area contributed by atoms with Gasteiger partial charge in [-0.3, -0.25) is 0 Å². The third kappa shape index (κ3) is 3.86. The molecule has 2 N–H and O–H groups in total. The van der Waals surface area contributed by atoms with Gasteiger partial charge in [0.25, 0.3) is 0 Å². The zero-order chi connectivity index (χ0) is 17.8. The fourth-order valence-corrected chi connectivity index (χ4v) is 4.37. The summed E-state index contributed by atoms with van der Waals surface area (Å²) in [6.07, 6.45) is 1.85. The second-order valence-electron chi connectivity index (χ2n) is 5.97. The van der Waals surface area contributed by atoms with E-state index in [0.717, 1.165) is 47.6 Å². The summed E-state index contributed by atoms with van der Waals surface area (Å²) in [5.41, 5.74) is 8.29. The normalized spacial score (nSPS) is 15.5. The predicted molar refractivity (Wildman–Crippen MR) is 109 cm³/mol. The van der Waals surface area contributed by atoms with Crippen molar-refractivity contribution >= 4 is 33.8 Å². The molecule has 6 nitrogen and oxygen atoms in total. The Morgan fingerprint density at radius 3 is 2.65 bits per heavy atom. The van der Waals surface area contributed by atoms with E-state index in [-0.39, 0.29) is 0 Å². The molecule has 0 radical (unpaired) electrons. The molecule has 0 unspecified atom stereocenters. The zero-order valence-corrected chi connectivity index (χ0v) is 15.9. The van der Waals surface area contributed by atoms with Gasteiger partial charge in [0, 0.05) is 48.7 Å². The molecule has 134 valence electrons. The van der Waals surface area contributed by atoms with Gasteiger partial charge in [-0.15, -0.1) is 22.7 Å². The van der Waals surface area contributed by atoms with Crippen LogP contribution in [0.2, 0.25) is 0 Å². The van der Waals surface area contributed by atoms with Crippen LogP contribution in [0.1, 0.15) is 5.69 Å². The maximum atomic E-state index is 6.20. The Morgan fingerprint density at radius 1 is 1.12 bits per heavy atom. The van der Waals surface area contributed by atoms with Crippen molar-refractivity contribution in [1.82, 2.24) is 14.9 Å². The van der Waals surface area contributed by atoms with Crippen LogP contribution in [0.25, 0.3) is 10.6 Å². The SMILES string of the molecule is NC(=NCc1csc(-c2ccccc2)n1)N1CCN(c2nccs2)CC1. The van der Waals surface area contributed by atoms with Crippen molar-refractivity contribution in [2.45, 2.75) is 6.54 Å². The number of guanidine groups is 1. The van der Waals surface area contributed by atoms with E-state index in [0.29, 0.717) is 12.5 Å². The average Bonchev–Trinajstić information content (AvgIpc) is 3.39. The molecule has 1 fully saturated rings. The molecule has 1 aromatic carbocycles. The summed E-state index contributed by atoms with van der Waals surface area (Å²) in [6.45, 7) is 4.07. The molecule has 8 heteroatoms. The number of nitrogens with two attached hydrogens (primary N) is 1. The maximum absolute atomic E-state index is 6.20. The second kappa shape index (κ2) is 7.84. The van der Waals surface area contributed by atoms with Crippen LogP contribution < -0.4 is 10.6 Å². The summed E-state index contributed by atoms with van der Waals surface area (Å²) in [4.78, 5) is 18.0. The van der Waals surface area contributed by atoms with Crippen molar-refractivity contribution in [3.63, 3.8) is 0 Å². The smallest absolute Gasteiger partial charge is 0.191 e. The van der Waals surface area contributed by atoms with E-state index in [2.05, 4.69) is 42.3 Å². The van der Waals surface area contributed by atoms with Gasteiger partial charge in [0.15, 0.2) is 11.1 Å². The highest BCUT2D eigenvalue weighted by molar-refractivity contribution is 7.13. The highest BCUT2D eigenvalue weighted by Crippen LogP contribution is 2.23. The van der Waals surface area contributed by atoms with Crippen LogP contribution in [-0.4, -0.2) is 47.0 Å². The summed E-state index contributed by atoms with van der Waals surface area (Å²) in [6, 6.07) is 10.2. The summed E-state index contributed by atoms with van der Waals surface area (Å²) < 4.78 is 0. The molecular formula is C18H20N6S2. The third-order valence-corrected chi connectivity index (χ3v) is 6.04. The summed E-state index contributed by atoms with van der Waals surface area (Å²) >= 11 is 3.32. The van der Waals surface area contributed by atoms with Gasteiger partial charge in [-0.2, -0.15) is 0 Å². The first-order chi connectivity index (χ1) is 12.8. The van der Waals surface area contributed by atoms with E-state index in [4.69, 9.17) is 5.73 Å². The van der Waals surface area contributed by atoms with Crippen molar-refractivity contribution < 1.29 is 0 Å². The van der Waals surface area contributed by atoms with Gasteiger partial charge in [-0.1, -0.05) is 30.3 Å². The number of nitrogens with zero attached hydrogens (tertiary/aromatic N) is 5. The Kier molecular flexibility index (Phi) is 5.12. The molecule has 0 amide bonds. The van der Waals surface area contributed by atoms with E-state index < -0.39 is 0 Å². The molecule has 0 atom stereocenters. The largest absolute Gasteiger partial charge is 0.370 e.